The summed E-state index contributed by atoms with van der Waals surface area (Å²) in [4.78, 5) is 4.70. The van der Waals surface area contributed by atoms with E-state index in [1.54, 1.807) is 0 Å². The van der Waals surface area contributed by atoms with E-state index in [9.17, 15) is 0 Å². The Balaban J connectivity index is 1.32. The lowest BCUT2D eigenvalue weighted by Gasteiger charge is -2.28. The van der Waals surface area contributed by atoms with Gasteiger partial charge >= 0.3 is 0 Å². The minimum atomic E-state index is 0.265. The van der Waals surface area contributed by atoms with Gasteiger partial charge in [-0.3, -0.25) is 0 Å². The number of anilines is 2. The van der Waals surface area contributed by atoms with E-state index in [-0.39, 0.29) is 6.04 Å². The largest absolute Gasteiger partial charge is 0.378 e. The van der Waals surface area contributed by atoms with Gasteiger partial charge in [-0.25, -0.2) is 0 Å². The van der Waals surface area contributed by atoms with E-state index >= 15 is 0 Å². The molecule has 0 spiro atoms. The monoisotopic (exact) mass is 460 g/mol. The van der Waals surface area contributed by atoms with Crippen molar-refractivity contribution in [3.05, 3.63) is 71.2 Å². The standard InChI is InChI=1S/C25H25ClN6O/c26-20-4-1-3-19(17-20)22-5-2-12-31(22)24-11-10-23-27-28-25(32(23)29-24)18-6-8-21(9-7-18)30-13-15-33-16-14-30/h1,3-4,6-11,17,22H,2,5,12-16H2. The molecule has 1 unspecified atom stereocenters. The third kappa shape index (κ3) is 3.92. The van der Waals surface area contributed by atoms with E-state index in [1.807, 2.05) is 28.8 Å². The van der Waals surface area contributed by atoms with Crippen LogP contribution in [0, 0.1) is 0 Å². The number of fused-ring (bicyclic) bond motifs is 1. The first-order chi connectivity index (χ1) is 16.3. The van der Waals surface area contributed by atoms with E-state index in [4.69, 9.17) is 21.4 Å². The molecule has 0 bridgehead atoms. The number of hydrogen-bond acceptors (Lipinski definition) is 6. The van der Waals surface area contributed by atoms with Crippen LogP contribution in [-0.2, 0) is 4.74 Å². The summed E-state index contributed by atoms with van der Waals surface area (Å²) in [7, 11) is 0. The Labute approximate surface area is 197 Å². The van der Waals surface area contributed by atoms with Crippen molar-refractivity contribution in [2.24, 2.45) is 0 Å². The van der Waals surface area contributed by atoms with Gasteiger partial charge in [0.15, 0.2) is 11.5 Å². The maximum atomic E-state index is 6.27. The van der Waals surface area contributed by atoms with E-state index < -0.39 is 0 Å². The Kier molecular flexibility index (Phi) is 5.36. The zero-order valence-electron chi connectivity index (χ0n) is 18.3. The SMILES string of the molecule is Clc1cccc(C2CCCN2c2ccc3nnc(-c4ccc(N5CCOCC5)cc4)n3n2)c1. The average Bonchev–Trinajstić information content (AvgIpc) is 3.52. The minimum Gasteiger partial charge on any atom is -0.378 e. The van der Waals surface area contributed by atoms with E-state index in [0.29, 0.717) is 0 Å². The number of halogens is 1. The zero-order chi connectivity index (χ0) is 22.2. The topological polar surface area (TPSA) is 58.8 Å². The fraction of sp³-hybridized carbons (Fsp3) is 0.320. The molecule has 4 heterocycles. The number of morpholine rings is 1. The van der Waals surface area contributed by atoms with Crippen LogP contribution in [0.5, 0.6) is 0 Å². The third-order valence-electron chi connectivity index (χ3n) is 6.53. The van der Waals surface area contributed by atoms with Crippen LogP contribution >= 0.6 is 11.6 Å². The zero-order valence-corrected chi connectivity index (χ0v) is 19.0. The molecule has 4 aromatic rings. The van der Waals surface area contributed by atoms with Crippen molar-refractivity contribution in [3.63, 3.8) is 0 Å². The van der Waals surface area contributed by atoms with Crippen molar-refractivity contribution >= 4 is 28.8 Å². The highest BCUT2D eigenvalue weighted by Gasteiger charge is 2.28. The summed E-state index contributed by atoms with van der Waals surface area (Å²) in [6.45, 7) is 4.34. The predicted molar refractivity (Wildman–Crippen MR) is 130 cm³/mol. The van der Waals surface area contributed by atoms with E-state index in [1.165, 1.54) is 11.3 Å². The molecule has 2 aliphatic rings. The molecular formula is C25H25ClN6O. The average molecular weight is 461 g/mol. The van der Waals surface area contributed by atoms with Crippen LogP contribution in [0.3, 0.4) is 0 Å². The maximum absolute atomic E-state index is 6.27. The summed E-state index contributed by atoms with van der Waals surface area (Å²) in [5.41, 5.74) is 4.16. The molecule has 0 saturated carbocycles. The summed E-state index contributed by atoms with van der Waals surface area (Å²) in [6, 6.07) is 20.9. The summed E-state index contributed by atoms with van der Waals surface area (Å²) >= 11 is 6.27. The van der Waals surface area contributed by atoms with Gasteiger partial charge in [0, 0.05) is 35.9 Å². The lowest BCUT2D eigenvalue weighted by molar-refractivity contribution is 0.122. The Bertz CT molecular complexity index is 1270. The van der Waals surface area contributed by atoms with Crippen LogP contribution < -0.4 is 9.80 Å². The van der Waals surface area contributed by atoms with Gasteiger partial charge in [0.05, 0.1) is 19.3 Å². The second-order valence-corrected chi connectivity index (χ2v) is 8.97. The van der Waals surface area contributed by atoms with Gasteiger partial charge in [-0.05, 0) is 66.9 Å². The van der Waals surface area contributed by atoms with Crippen molar-refractivity contribution in [3.8, 4) is 11.4 Å². The fourth-order valence-electron chi connectivity index (χ4n) is 4.86. The minimum absolute atomic E-state index is 0.265. The van der Waals surface area contributed by atoms with Crippen LogP contribution in [0.25, 0.3) is 17.0 Å². The van der Waals surface area contributed by atoms with Crippen LogP contribution in [0.1, 0.15) is 24.4 Å². The van der Waals surface area contributed by atoms with E-state index in [0.717, 1.165) is 73.6 Å². The van der Waals surface area contributed by atoms with Crippen molar-refractivity contribution < 1.29 is 4.74 Å². The van der Waals surface area contributed by atoms with Gasteiger partial charge in [0.2, 0.25) is 0 Å². The van der Waals surface area contributed by atoms with Gasteiger partial charge < -0.3 is 14.5 Å². The number of aromatic nitrogens is 4. The van der Waals surface area contributed by atoms with Crippen LogP contribution in [-0.4, -0.2) is 52.7 Å². The molecule has 2 aromatic heterocycles. The second-order valence-electron chi connectivity index (χ2n) is 8.54. The molecule has 2 saturated heterocycles. The lowest BCUT2D eigenvalue weighted by Crippen LogP contribution is -2.36. The predicted octanol–water partition coefficient (Wildman–Crippen LogP) is 4.62. The first-order valence-corrected chi connectivity index (χ1v) is 11.8. The molecule has 6 rings (SSSR count). The molecule has 0 radical (unpaired) electrons. The summed E-state index contributed by atoms with van der Waals surface area (Å²) in [5, 5.41) is 14.5. The van der Waals surface area contributed by atoms with Gasteiger partial charge in [0.25, 0.3) is 0 Å². The Hall–Kier alpha value is -3.16. The number of rotatable bonds is 4. The summed E-state index contributed by atoms with van der Waals surface area (Å²) < 4.78 is 7.32. The van der Waals surface area contributed by atoms with Gasteiger partial charge in [-0.1, -0.05) is 23.7 Å². The van der Waals surface area contributed by atoms with Gasteiger partial charge in [-0.15, -0.1) is 15.3 Å². The Morgan fingerprint density at radius 2 is 1.76 bits per heavy atom. The van der Waals surface area contributed by atoms with Gasteiger partial charge in [0.1, 0.15) is 5.82 Å². The third-order valence-corrected chi connectivity index (χ3v) is 6.77. The number of nitrogens with zero attached hydrogens (tertiary/aromatic N) is 6. The molecule has 0 aliphatic carbocycles. The molecule has 0 amide bonds. The van der Waals surface area contributed by atoms with Crippen molar-refractivity contribution in [2.75, 3.05) is 42.6 Å². The van der Waals surface area contributed by atoms with Gasteiger partial charge in [-0.2, -0.15) is 4.52 Å². The molecule has 7 nitrogen and oxygen atoms in total. The molecule has 1 atom stereocenters. The van der Waals surface area contributed by atoms with Crippen LogP contribution in [0.2, 0.25) is 5.02 Å². The normalized spacial score (nSPS) is 18.9. The molecule has 2 aromatic carbocycles. The van der Waals surface area contributed by atoms with Crippen molar-refractivity contribution in [1.29, 1.82) is 0 Å². The van der Waals surface area contributed by atoms with Crippen LogP contribution in [0.4, 0.5) is 11.5 Å². The van der Waals surface area contributed by atoms with Crippen molar-refractivity contribution in [2.45, 2.75) is 18.9 Å². The smallest absolute Gasteiger partial charge is 0.185 e. The first-order valence-electron chi connectivity index (χ1n) is 11.4. The molecule has 8 heteroatoms. The molecule has 0 N–H and O–H groups in total. The molecular weight excluding hydrogens is 436 g/mol. The number of ether oxygens (including phenoxy) is 1. The molecule has 2 fully saturated rings. The Morgan fingerprint density at radius 3 is 2.58 bits per heavy atom. The van der Waals surface area contributed by atoms with Crippen LogP contribution in [0.15, 0.2) is 60.7 Å². The maximum Gasteiger partial charge on any atom is 0.185 e. The number of hydrogen-bond donors (Lipinski definition) is 0. The van der Waals surface area contributed by atoms with E-state index in [2.05, 4.69) is 56.4 Å². The fourth-order valence-corrected chi connectivity index (χ4v) is 5.06. The lowest BCUT2D eigenvalue weighted by atomic mass is 10.0. The van der Waals surface area contributed by atoms with Crippen molar-refractivity contribution in [1.82, 2.24) is 19.8 Å². The highest BCUT2D eigenvalue weighted by atomic mass is 35.5. The molecule has 2 aliphatic heterocycles. The summed E-state index contributed by atoms with van der Waals surface area (Å²) in [5.74, 6) is 1.68. The second kappa shape index (κ2) is 8.65. The highest BCUT2D eigenvalue weighted by molar-refractivity contribution is 6.30. The molecule has 33 heavy (non-hydrogen) atoms. The number of benzene rings is 2. The Morgan fingerprint density at radius 1 is 0.909 bits per heavy atom. The highest BCUT2D eigenvalue weighted by Crippen LogP contribution is 2.36. The molecule has 168 valence electrons. The first kappa shape index (κ1) is 20.4. The quantitative estimate of drug-likeness (QED) is 0.443. The summed E-state index contributed by atoms with van der Waals surface area (Å²) in [6.07, 6.45) is 2.20.